The lowest BCUT2D eigenvalue weighted by molar-refractivity contribution is -0.115. The van der Waals surface area contributed by atoms with Crippen LogP contribution in [0.25, 0.3) is 23.0 Å². The Morgan fingerprint density at radius 3 is 2.59 bits per heavy atom. The molecule has 1 aromatic heterocycles. The maximum Gasteiger partial charge on any atom is 0.273 e. The van der Waals surface area contributed by atoms with Gasteiger partial charge >= 0.3 is 0 Å². The van der Waals surface area contributed by atoms with Crippen molar-refractivity contribution in [1.82, 2.24) is 20.4 Å². The number of benzene rings is 2. The molecule has 1 fully saturated rings. The van der Waals surface area contributed by atoms with E-state index in [1.54, 1.807) is 10.8 Å². The zero-order valence-electron chi connectivity index (χ0n) is 15.2. The Bertz CT molecular complexity index is 1150. The maximum atomic E-state index is 12.1. The zero-order chi connectivity index (χ0) is 19.8. The van der Waals surface area contributed by atoms with Crippen molar-refractivity contribution in [2.24, 2.45) is 0 Å². The summed E-state index contributed by atoms with van der Waals surface area (Å²) in [5.74, 6) is 1.12. The van der Waals surface area contributed by atoms with Gasteiger partial charge in [-0.15, -0.1) is 0 Å². The molecule has 1 amide bonds. The molecule has 2 aliphatic rings. The average molecular weight is 404 g/mol. The molecular weight excluding hydrogens is 388 g/mol. The number of aromatic nitrogens is 2. The predicted octanol–water partition coefficient (Wildman–Crippen LogP) is 2.66. The first kappa shape index (κ1) is 17.4. The zero-order valence-corrected chi connectivity index (χ0v) is 16.0. The molecule has 144 valence electrons. The Morgan fingerprint density at radius 1 is 1.03 bits per heavy atom. The first-order chi connectivity index (χ1) is 14.2. The monoisotopic (exact) mass is 404 g/mol. The summed E-state index contributed by atoms with van der Waals surface area (Å²) >= 11 is 5.03. The number of carbonyl (C=O) groups excluding carboxylic acids is 1. The molecule has 0 unspecified atom stereocenters. The largest absolute Gasteiger partial charge is 0.486 e. The van der Waals surface area contributed by atoms with Crippen LogP contribution >= 0.6 is 12.2 Å². The molecule has 0 aliphatic carbocycles. The second kappa shape index (κ2) is 7.06. The van der Waals surface area contributed by atoms with Crippen LogP contribution in [0.15, 0.2) is 60.4 Å². The van der Waals surface area contributed by atoms with Crippen LogP contribution in [0.5, 0.6) is 11.5 Å². The van der Waals surface area contributed by atoms with Crippen molar-refractivity contribution >= 4 is 29.3 Å². The van der Waals surface area contributed by atoms with Crippen molar-refractivity contribution in [1.29, 1.82) is 0 Å². The lowest BCUT2D eigenvalue weighted by atomic mass is 10.1. The number of hydrogen-bond acceptors (Lipinski definition) is 5. The van der Waals surface area contributed by atoms with Gasteiger partial charge in [0.15, 0.2) is 16.6 Å². The number of nitrogens with one attached hydrogen (secondary N) is 2. The fourth-order valence-electron chi connectivity index (χ4n) is 3.26. The molecule has 29 heavy (non-hydrogen) atoms. The van der Waals surface area contributed by atoms with Crippen LogP contribution in [0.1, 0.15) is 5.56 Å². The highest BCUT2D eigenvalue weighted by Crippen LogP contribution is 2.35. The molecule has 2 aliphatic heterocycles. The summed E-state index contributed by atoms with van der Waals surface area (Å²) < 4.78 is 13.1. The van der Waals surface area contributed by atoms with E-state index in [0.29, 0.717) is 36.1 Å². The van der Waals surface area contributed by atoms with E-state index in [-0.39, 0.29) is 11.0 Å². The van der Waals surface area contributed by atoms with Crippen molar-refractivity contribution in [3.63, 3.8) is 0 Å². The minimum Gasteiger partial charge on any atom is -0.486 e. The van der Waals surface area contributed by atoms with Crippen molar-refractivity contribution in [3.8, 4) is 28.4 Å². The number of carbonyl (C=O) groups is 1. The summed E-state index contributed by atoms with van der Waals surface area (Å²) in [6.07, 6.45) is 3.62. The van der Waals surface area contributed by atoms with Gasteiger partial charge < -0.3 is 14.8 Å². The standard InChI is InChI=1S/C21H16N4O3S/c26-20-16(22-21(29)23-20)10-14-12-25(15-4-2-1-3-5-15)24-19(14)13-6-7-17-18(11-13)28-9-8-27-17/h1-7,10-12H,8-9H2,(H2,22,23,26,29)/b16-10-. The van der Waals surface area contributed by atoms with E-state index in [0.717, 1.165) is 16.8 Å². The molecule has 1 saturated heterocycles. The third-order valence-corrected chi connectivity index (χ3v) is 4.80. The molecular formula is C21H16N4O3S. The molecule has 0 spiro atoms. The second-order valence-electron chi connectivity index (χ2n) is 6.54. The van der Waals surface area contributed by atoms with Crippen LogP contribution in [0, 0.1) is 0 Å². The number of rotatable bonds is 3. The molecule has 2 N–H and O–H groups in total. The molecule has 0 bridgehead atoms. The summed E-state index contributed by atoms with van der Waals surface area (Å²) in [6, 6.07) is 15.5. The van der Waals surface area contributed by atoms with Gasteiger partial charge in [0.25, 0.3) is 5.91 Å². The molecule has 0 saturated carbocycles. The summed E-state index contributed by atoms with van der Waals surface area (Å²) in [6.45, 7) is 1.04. The van der Waals surface area contributed by atoms with E-state index in [2.05, 4.69) is 10.6 Å². The molecule has 7 nitrogen and oxygen atoms in total. The van der Waals surface area contributed by atoms with E-state index in [9.17, 15) is 4.79 Å². The van der Waals surface area contributed by atoms with Crippen LogP contribution in [-0.4, -0.2) is 34.0 Å². The highest BCUT2D eigenvalue weighted by molar-refractivity contribution is 7.80. The van der Waals surface area contributed by atoms with Crippen molar-refractivity contribution in [3.05, 3.63) is 66.0 Å². The highest BCUT2D eigenvalue weighted by atomic mass is 32.1. The SMILES string of the molecule is O=C1NC(=S)N/C1=C\c1cn(-c2ccccc2)nc1-c1ccc2c(c1)OCCO2. The van der Waals surface area contributed by atoms with Crippen LogP contribution in [-0.2, 0) is 4.79 Å². The Labute approximate surface area is 171 Å². The minimum absolute atomic E-state index is 0.268. The number of amides is 1. The first-order valence-corrected chi connectivity index (χ1v) is 9.47. The smallest absolute Gasteiger partial charge is 0.273 e. The highest BCUT2D eigenvalue weighted by Gasteiger charge is 2.22. The third kappa shape index (κ3) is 3.34. The molecule has 8 heteroatoms. The topological polar surface area (TPSA) is 77.4 Å². The van der Waals surface area contributed by atoms with Gasteiger partial charge in [0.2, 0.25) is 0 Å². The van der Waals surface area contributed by atoms with Crippen LogP contribution in [0.4, 0.5) is 0 Å². The maximum absolute atomic E-state index is 12.1. The Kier molecular flexibility index (Phi) is 4.25. The third-order valence-electron chi connectivity index (χ3n) is 4.60. The lowest BCUT2D eigenvalue weighted by Gasteiger charge is -2.18. The van der Waals surface area contributed by atoms with Gasteiger partial charge in [0.1, 0.15) is 24.6 Å². The van der Waals surface area contributed by atoms with E-state index in [1.165, 1.54) is 0 Å². The summed E-state index contributed by atoms with van der Waals surface area (Å²) in [4.78, 5) is 12.1. The summed E-state index contributed by atoms with van der Waals surface area (Å²) in [5, 5.41) is 10.5. The van der Waals surface area contributed by atoms with Crippen LogP contribution < -0.4 is 20.1 Å². The second-order valence-corrected chi connectivity index (χ2v) is 6.95. The Hall–Kier alpha value is -3.65. The number of para-hydroxylation sites is 1. The van der Waals surface area contributed by atoms with Gasteiger partial charge in [-0.2, -0.15) is 5.10 Å². The Balaban J connectivity index is 1.63. The van der Waals surface area contributed by atoms with Gasteiger partial charge in [0.05, 0.1) is 5.69 Å². The van der Waals surface area contributed by atoms with Gasteiger partial charge in [-0.25, -0.2) is 4.68 Å². The van der Waals surface area contributed by atoms with Crippen molar-refractivity contribution in [2.45, 2.75) is 0 Å². The van der Waals surface area contributed by atoms with Crippen molar-refractivity contribution in [2.75, 3.05) is 13.2 Å². The fourth-order valence-corrected chi connectivity index (χ4v) is 3.46. The van der Waals surface area contributed by atoms with E-state index < -0.39 is 0 Å². The summed E-state index contributed by atoms with van der Waals surface area (Å²) in [7, 11) is 0. The van der Waals surface area contributed by atoms with E-state index in [1.807, 2.05) is 54.7 Å². The van der Waals surface area contributed by atoms with Gasteiger partial charge in [0, 0.05) is 17.3 Å². The molecule has 0 atom stereocenters. The van der Waals surface area contributed by atoms with Gasteiger partial charge in [-0.05, 0) is 48.6 Å². The predicted molar refractivity (Wildman–Crippen MR) is 112 cm³/mol. The Morgan fingerprint density at radius 2 is 1.83 bits per heavy atom. The number of nitrogens with zero attached hydrogens (tertiary/aromatic N) is 2. The molecule has 2 aromatic carbocycles. The number of fused-ring (bicyclic) bond motifs is 1. The first-order valence-electron chi connectivity index (χ1n) is 9.06. The quantitative estimate of drug-likeness (QED) is 0.516. The normalized spacial score (nSPS) is 16.6. The van der Waals surface area contributed by atoms with E-state index >= 15 is 0 Å². The average Bonchev–Trinajstić information content (AvgIpc) is 3.31. The molecule has 3 aromatic rings. The number of thiocarbonyl (C=S) groups is 1. The summed E-state index contributed by atoms with van der Waals surface area (Å²) in [5.41, 5.74) is 3.63. The van der Waals surface area contributed by atoms with Gasteiger partial charge in [-0.3, -0.25) is 10.1 Å². The number of ether oxygens (including phenoxy) is 2. The molecule has 0 radical (unpaired) electrons. The fraction of sp³-hybridized carbons (Fsp3) is 0.0952. The lowest BCUT2D eigenvalue weighted by Crippen LogP contribution is -2.21. The van der Waals surface area contributed by atoms with Crippen molar-refractivity contribution < 1.29 is 14.3 Å². The minimum atomic E-state index is -0.268. The van der Waals surface area contributed by atoms with E-state index in [4.69, 9.17) is 26.8 Å². The molecule has 5 rings (SSSR count). The van der Waals surface area contributed by atoms with Gasteiger partial charge in [-0.1, -0.05) is 18.2 Å². The van der Waals surface area contributed by atoms with Crippen LogP contribution in [0.2, 0.25) is 0 Å². The van der Waals surface area contributed by atoms with Crippen LogP contribution in [0.3, 0.4) is 0 Å². The number of hydrogen-bond donors (Lipinski definition) is 2. The molecule has 3 heterocycles.